The van der Waals surface area contributed by atoms with Crippen LogP contribution in [0.5, 0.6) is 11.5 Å². The van der Waals surface area contributed by atoms with E-state index in [1.807, 2.05) is 39.0 Å². The van der Waals surface area contributed by atoms with Gasteiger partial charge in [0.1, 0.15) is 17.1 Å². The Bertz CT molecular complexity index is 569. The third-order valence-corrected chi connectivity index (χ3v) is 3.84. The highest BCUT2D eigenvalue weighted by molar-refractivity contribution is 5.68. The third kappa shape index (κ3) is 4.94. The summed E-state index contributed by atoms with van der Waals surface area (Å²) in [5.41, 5.74) is 0.390. The molecule has 0 spiro atoms. The van der Waals surface area contributed by atoms with Crippen molar-refractivity contribution in [3.63, 3.8) is 0 Å². The smallest absolute Gasteiger partial charge is 0.410 e. The van der Waals surface area contributed by atoms with Crippen molar-refractivity contribution in [1.82, 2.24) is 4.90 Å². The monoisotopic (exact) mass is 336 g/mol. The predicted octanol–water partition coefficient (Wildman–Crippen LogP) is 3.52. The van der Waals surface area contributed by atoms with Crippen LogP contribution in [-0.4, -0.2) is 49.9 Å². The standard InChI is InChI=1S/C18H28N2O4/c1-18(2,3)24-17(21)20-10-6-7-13(12-20)19-15-11-14(22-4)8-9-16(15)23-5/h8-9,11,13,19H,6-7,10,12H2,1-5H3. The average molecular weight is 336 g/mol. The summed E-state index contributed by atoms with van der Waals surface area (Å²) < 4.78 is 16.2. The Morgan fingerprint density at radius 1 is 1.25 bits per heavy atom. The molecule has 1 unspecified atom stereocenters. The zero-order chi connectivity index (χ0) is 17.7. The Kier molecular flexibility index (Phi) is 5.80. The minimum atomic E-state index is -0.479. The lowest BCUT2D eigenvalue weighted by atomic mass is 10.1. The molecule has 134 valence electrons. The third-order valence-electron chi connectivity index (χ3n) is 3.84. The fraction of sp³-hybridized carbons (Fsp3) is 0.611. The number of hydrogen-bond acceptors (Lipinski definition) is 5. The van der Waals surface area contributed by atoms with E-state index in [9.17, 15) is 4.79 Å². The van der Waals surface area contributed by atoms with Crippen molar-refractivity contribution in [2.45, 2.75) is 45.3 Å². The van der Waals surface area contributed by atoms with Crippen molar-refractivity contribution in [2.24, 2.45) is 0 Å². The van der Waals surface area contributed by atoms with E-state index in [-0.39, 0.29) is 12.1 Å². The number of carbonyl (C=O) groups is 1. The van der Waals surface area contributed by atoms with Crippen LogP contribution in [-0.2, 0) is 4.74 Å². The maximum atomic E-state index is 12.3. The Morgan fingerprint density at radius 3 is 2.62 bits per heavy atom. The van der Waals surface area contributed by atoms with Crippen LogP contribution in [0.3, 0.4) is 0 Å². The molecule has 0 aliphatic carbocycles. The summed E-state index contributed by atoms with van der Waals surface area (Å²) in [4.78, 5) is 14.0. The summed E-state index contributed by atoms with van der Waals surface area (Å²) >= 11 is 0. The van der Waals surface area contributed by atoms with Crippen molar-refractivity contribution in [1.29, 1.82) is 0 Å². The summed E-state index contributed by atoms with van der Waals surface area (Å²) in [6, 6.07) is 5.78. The average Bonchev–Trinajstić information content (AvgIpc) is 2.53. The topological polar surface area (TPSA) is 60.0 Å². The van der Waals surface area contributed by atoms with Gasteiger partial charge in [-0.2, -0.15) is 0 Å². The second kappa shape index (κ2) is 7.64. The van der Waals surface area contributed by atoms with Crippen LogP contribution in [0.2, 0.25) is 0 Å². The van der Waals surface area contributed by atoms with Gasteiger partial charge in [0.15, 0.2) is 0 Å². The molecule has 1 aromatic carbocycles. The second-order valence-corrected chi connectivity index (χ2v) is 6.98. The Balaban J connectivity index is 2.04. The van der Waals surface area contributed by atoms with E-state index >= 15 is 0 Å². The van der Waals surface area contributed by atoms with Crippen molar-refractivity contribution in [3.05, 3.63) is 18.2 Å². The maximum Gasteiger partial charge on any atom is 0.410 e. The summed E-state index contributed by atoms with van der Waals surface area (Å²) in [5, 5.41) is 3.47. The normalized spacial score (nSPS) is 18.0. The molecule has 24 heavy (non-hydrogen) atoms. The fourth-order valence-electron chi connectivity index (χ4n) is 2.73. The number of nitrogens with zero attached hydrogens (tertiary/aromatic N) is 1. The largest absolute Gasteiger partial charge is 0.497 e. The quantitative estimate of drug-likeness (QED) is 0.912. The number of carbonyl (C=O) groups excluding carboxylic acids is 1. The van der Waals surface area contributed by atoms with E-state index in [4.69, 9.17) is 14.2 Å². The zero-order valence-corrected chi connectivity index (χ0v) is 15.2. The molecule has 0 aromatic heterocycles. The van der Waals surface area contributed by atoms with Crippen LogP contribution in [0.4, 0.5) is 10.5 Å². The molecule has 1 N–H and O–H groups in total. The van der Waals surface area contributed by atoms with Gasteiger partial charge in [-0.15, -0.1) is 0 Å². The molecule has 1 aliphatic rings. The van der Waals surface area contributed by atoms with Crippen LogP contribution in [0.1, 0.15) is 33.6 Å². The van der Waals surface area contributed by atoms with Crippen LogP contribution in [0.15, 0.2) is 18.2 Å². The van der Waals surface area contributed by atoms with Gasteiger partial charge in [-0.3, -0.25) is 0 Å². The highest BCUT2D eigenvalue weighted by Crippen LogP contribution is 2.30. The molecule has 1 saturated heterocycles. The lowest BCUT2D eigenvalue weighted by Gasteiger charge is -2.35. The van der Waals surface area contributed by atoms with Crippen molar-refractivity contribution in [3.8, 4) is 11.5 Å². The van der Waals surface area contributed by atoms with Gasteiger partial charge in [-0.25, -0.2) is 4.79 Å². The van der Waals surface area contributed by atoms with Crippen molar-refractivity contribution >= 4 is 11.8 Å². The molecule has 1 fully saturated rings. The molecule has 1 heterocycles. The lowest BCUT2D eigenvalue weighted by molar-refractivity contribution is 0.0206. The molecule has 1 atom stereocenters. The molecule has 6 heteroatoms. The highest BCUT2D eigenvalue weighted by atomic mass is 16.6. The molecule has 2 rings (SSSR count). The maximum absolute atomic E-state index is 12.3. The van der Waals surface area contributed by atoms with Crippen molar-refractivity contribution < 1.29 is 19.0 Å². The van der Waals surface area contributed by atoms with Gasteiger partial charge in [0.05, 0.1) is 19.9 Å². The number of likely N-dealkylation sites (tertiary alicyclic amines) is 1. The summed E-state index contributed by atoms with van der Waals surface area (Å²) in [6.07, 6.45) is 1.66. The first-order valence-electron chi connectivity index (χ1n) is 8.29. The first-order chi connectivity index (χ1) is 11.3. The number of nitrogens with one attached hydrogen (secondary N) is 1. The molecule has 0 bridgehead atoms. The number of amides is 1. The summed E-state index contributed by atoms with van der Waals surface area (Å²) in [7, 11) is 3.28. The van der Waals surface area contributed by atoms with E-state index in [1.165, 1.54) is 0 Å². The number of ether oxygens (including phenoxy) is 3. The van der Waals surface area contributed by atoms with Gasteiger partial charge in [-0.05, 0) is 45.7 Å². The Labute approximate surface area is 144 Å². The number of rotatable bonds is 4. The zero-order valence-electron chi connectivity index (χ0n) is 15.2. The molecule has 1 amide bonds. The van der Waals surface area contributed by atoms with Gasteiger partial charge in [-0.1, -0.05) is 0 Å². The number of hydrogen-bond donors (Lipinski definition) is 1. The minimum absolute atomic E-state index is 0.146. The number of piperidine rings is 1. The van der Waals surface area contributed by atoms with E-state index in [0.29, 0.717) is 6.54 Å². The van der Waals surface area contributed by atoms with Crippen LogP contribution < -0.4 is 14.8 Å². The van der Waals surface area contributed by atoms with E-state index in [1.54, 1.807) is 19.1 Å². The van der Waals surface area contributed by atoms with Gasteiger partial charge in [0.25, 0.3) is 0 Å². The van der Waals surface area contributed by atoms with Crippen LogP contribution in [0.25, 0.3) is 0 Å². The Hall–Kier alpha value is -2.11. The van der Waals surface area contributed by atoms with Gasteiger partial charge < -0.3 is 24.4 Å². The van der Waals surface area contributed by atoms with Gasteiger partial charge in [0, 0.05) is 25.2 Å². The lowest BCUT2D eigenvalue weighted by Crippen LogP contribution is -2.47. The molecule has 0 saturated carbocycles. The number of anilines is 1. The van der Waals surface area contributed by atoms with Crippen LogP contribution >= 0.6 is 0 Å². The highest BCUT2D eigenvalue weighted by Gasteiger charge is 2.28. The fourth-order valence-corrected chi connectivity index (χ4v) is 2.73. The molecule has 0 radical (unpaired) electrons. The number of benzene rings is 1. The summed E-state index contributed by atoms with van der Waals surface area (Å²) in [5.74, 6) is 1.52. The van der Waals surface area contributed by atoms with Crippen LogP contribution in [0, 0.1) is 0 Å². The van der Waals surface area contributed by atoms with Crippen molar-refractivity contribution in [2.75, 3.05) is 32.6 Å². The van der Waals surface area contributed by atoms with Gasteiger partial charge in [0.2, 0.25) is 0 Å². The first-order valence-corrected chi connectivity index (χ1v) is 8.29. The predicted molar refractivity (Wildman–Crippen MR) is 94.0 cm³/mol. The molecule has 6 nitrogen and oxygen atoms in total. The molecular formula is C18H28N2O4. The molecular weight excluding hydrogens is 308 g/mol. The summed E-state index contributed by atoms with van der Waals surface area (Å²) in [6.45, 7) is 6.97. The first kappa shape index (κ1) is 18.2. The van der Waals surface area contributed by atoms with E-state index < -0.39 is 5.60 Å². The molecule has 1 aromatic rings. The SMILES string of the molecule is COc1ccc(OC)c(NC2CCCN(C(=O)OC(C)(C)C)C2)c1. The number of methoxy groups -OCH3 is 2. The second-order valence-electron chi connectivity index (χ2n) is 6.98. The Morgan fingerprint density at radius 2 is 2.00 bits per heavy atom. The minimum Gasteiger partial charge on any atom is -0.497 e. The van der Waals surface area contributed by atoms with E-state index in [0.717, 1.165) is 36.6 Å². The van der Waals surface area contributed by atoms with Gasteiger partial charge >= 0.3 is 6.09 Å². The van der Waals surface area contributed by atoms with E-state index in [2.05, 4.69) is 5.32 Å². The molecule has 1 aliphatic heterocycles.